The van der Waals surface area contributed by atoms with Gasteiger partial charge < -0.3 is 10.3 Å². The molecular weight excluding hydrogens is 357 g/mol. The fraction of sp³-hybridized carbons (Fsp3) is 0.100. The molecular formula is C20H15F3N2O2. The number of H-pyrrole nitrogens is 1. The first-order valence-corrected chi connectivity index (χ1v) is 8.08. The molecule has 1 heterocycles. The summed E-state index contributed by atoms with van der Waals surface area (Å²) in [5.41, 5.74) is 0.192. The molecule has 0 aliphatic rings. The van der Waals surface area contributed by atoms with Crippen LogP contribution in [-0.2, 0) is 6.67 Å². The Hall–Kier alpha value is -3.35. The van der Waals surface area contributed by atoms with E-state index in [0.717, 1.165) is 12.1 Å². The van der Waals surface area contributed by atoms with Crippen molar-refractivity contribution < 1.29 is 18.0 Å². The number of aromatic amines is 1. The number of rotatable bonds is 5. The molecule has 0 aliphatic heterocycles. The van der Waals surface area contributed by atoms with E-state index in [1.54, 1.807) is 0 Å². The molecule has 27 heavy (non-hydrogen) atoms. The normalized spacial score (nSPS) is 11.8. The first-order valence-electron chi connectivity index (χ1n) is 8.08. The van der Waals surface area contributed by atoms with E-state index in [0.29, 0.717) is 11.1 Å². The zero-order valence-corrected chi connectivity index (χ0v) is 14.0. The largest absolute Gasteiger partial charge is 0.341 e. The third-order valence-corrected chi connectivity index (χ3v) is 4.08. The van der Waals surface area contributed by atoms with E-state index in [4.69, 9.17) is 0 Å². The molecule has 0 radical (unpaired) electrons. The molecule has 0 unspecified atom stereocenters. The van der Waals surface area contributed by atoms with Gasteiger partial charge in [0.15, 0.2) is 0 Å². The van der Waals surface area contributed by atoms with Crippen molar-refractivity contribution in [2.75, 3.05) is 0 Å². The average molecular weight is 372 g/mol. The summed E-state index contributed by atoms with van der Waals surface area (Å²) in [5.74, 6) is -2.28. The Balaban J connectivity index is 2.02. The molecule has 0 saturated heterocycles. The van der Waals surface area contributed by atoms with Crippen molar-refractivity contribution in [3.05, 3.63) is 105 Å². The van der Waals surface area contributed by atoms with Gasteiger partial charge in [0.2, 0.25) is 5.56 Å². The van der Waals surface area contributed by atoms with Crippen LogP contribution in [0.5, 0.6) is 0 Å². The van der Waals surface area contributed by atoms with Crippen LogP contribution in [0, 0.1) is 11.6 Å². The van der Waals surface area contributed by atoms with Gasteiger partial charge in [-0.05, 0) is 29.3 Å². The Bertz CT molecular complexity index is 976. The minimum atomic E-state index is -1.14. The van der Waals surface area contributed by atoms with Crippen LogP contribution in [0.15, 0.2) is 65.6 Å². The average Bonchev–Trinajstić information content (AvgIpc) is 2.67. The number of aromatic nitrogens is 1. The van der Waals surface area contributed by atoms with Gasteiger partial charge in [0, 0.05) is 12.3 Å². The van der Waals surface area contributed by atoms with Gasteiger partial charge in [-0.2, -0.15) is 0 Å². The van der Waals surface area contributed by atoms with E-state index in [9.17, 15) is 22.8 Å². The van der Waals surface area contributed by atoms with E-state index in [2.05, 4.69) is 10.3 Å². The van der Waals surface area contributed by atoms with Crippen molar-refractivity contribution in [3.63, 3.8) is 0 Å². The number of alkyl halides is 1. The second-order valence-corrected chi connectivity index (χ2v) is 5.86. The number of amides is 1. The van der Waals surface area contributed by atoms with Crippen LogP contribution in [0.2, 0.25) is 0 Å². The number of carbonyl (C=O) groups excluding carboxylic acids is 1. The highest BCUT2D eigenvalue weighted by atomic mass is 19.1. The Morgan fingerprint density at radius 1 is 1.00 bits per heavy atom. The fourth-order valence-electron chi connectivity index (χ4n) is 2.67. The van der Waals surface area contributed by atoms with Crippen molar-refractivity contribution in [1.29, 1.82) is 0 Å². The molecule has 4 nitrogen and oxygen atoms in total. The van der Waals surface area contributed by atoms with Crippen LogP contribution in [0.1, 0.15) is 33.1 Å². The summed E-state index contributed by atoms with van der Waals surface area (Å²) in [6, 6.07) is 10.7. The number of hydrogen-bond donors (Lipinski definition) is 2. The van der Waals surface area contributed by atoms with E-state index in [1.807, 2.05) is 0 Å². The molecule has 1 amide bonds. The Morgan fingerprint density at radius 2 is 1.67 bits per heavy atom. The third kappa shape index (κ3) is 4.08. The van der Waals surface area contributed by atoms with E-state index >= 15 is 0 Å². The van der Waals surface area contributed by atoms with Gasteiger partial charge in [-0.3, -0.25) is 9.59 Å². The molecule has 1 atom stereocenters. The summed E-state index contributed by atoms with van der Waals surface area (Å²) in [6.45, 7) is -0.678. The first-order chi connectivity index (χ1) is 13.0. The standard InChI is InChI=1S/C20H15F3N2O2/c21-10-12-4-6-13(7-5-12)19(18-15(22)2-1-3-16(18)23)25-20(27)14-8-9-17(26)24-11-14/h1-9,11,19H,10H2,(H,24,26)(H,25,27)/t19-/m0/s1. The lowest BCUT2D eigenvalue weighted by Gasteiger charge is -2.21. The zero-order chi connectivity index (χ0) is 19.4. The zero-order valence-electron chi connectivity index (χ0n) is 14.0. The quantitative estimate of drug-likeness (QED) is 0.718. The van der Waals surface area contributed by atoms with Crippen LogP contribution >= 0.6 is 0 Å². The monoisotopic (exact) mass is 372 g/mol. The van der Waals surface area contributed by atoms with Crippen LogP contribution in [0.25, 0.3) is 0 Å². The first kappa shape index (κ1) is 18.4. The van der Waals surface area contributed by atoms with Crippen LogP contribution in [0.4, 0.5) is 13.2 Å². The van der Waals surface area contributed by atoms with Gasteiger partial charge in [-0.25, -0.2) is 13.2 Å². The Kier molecular flexibility index (Phi) is 5.40. The van der Waals surface area contributed by atoms with Gasteiger partial charge in [0.05, 0.1) is 17.2 Å². The van der Waals surface area contributed by atoms with E-state index < -0.39 is 30.3 Å². The number of nitrogens with one attached hydrogen (secondary N) is 2. The summed E-state index contributed by atoms with van der Waals surface area (Å²) in [4.78, 5) is 26.0. The minimum absolute atomic E-state index is 0.122. The summed E-state index contributed by atoms with van der Waals surface area (Å²) in [7, 11) is 0. The number of hydrogen-bond acceptors (Lipinski definition) is 2. The maximum atomic E-state index is 14.3. The molecule has 0 spiro atoms. The van der Waals surface area contributed by atoms with E-state index in [-0.39, 0.29) is 16.7 Å². The van der Waals surface area contributed by atoms with Crippen molar-refractivity contribution in [2.45, 2.75) is 12.7 Å². The summed E-state index contributed by atoms with van der Waals surface area (Å²) in [5, 5.41) is 2.57. The Morgan fingerprint density at radius 3 is 2.22 bits per heavy atom. The van der Waals surface area contributed by atoms with Crippen molar-refractivity contribution in [1.82, 2.24) is 10.3 Å². The number of carbonyl (C=O) groups is 1. The lowest BCUT2D eigenvalue weighted by Crippen LogP contribution is -2.31. The minimum Gasteiger partial charge on any atom is -0.341 e. The van der Waals surface area contributed by atoms with Gasteiger partial charge in [-0.1, -0.05) is 30.3 Å². The second-order valence-electron chi connectivity index (χ2n) is 5.86. The lowest BCUT2D eigenvalue weighted by molar-refractivity contribution is 0.0941. The lowest BCUT2D eigenvalue weighted by atomic mass is 9.96. The van der Waals surface area contributed by atoms with E-state index in [1.165, 1.54) is 48.7 Å². The molecule has 0 aliphatic carbocycles. The Labute approximate surface area is 152 Å². The highest BCUT2D eigenvalue weighted by Gasteiger charge is 2.24. The van der Waals surface area contributed by atoms with Crippen molar-refractivity contribution in [2.24, 2.45) is 0 Å². The summed E-state index contributed by atoms with van der Waals surface area (Å²) in [6.07, 6.45) is 1.21. The van der Waals surface area contributed by atoms with Gasteiger partial charge in [0.25, 0.3) is 5.91 Å². The molecule has 2 aromatic carbocycles. The number of halogens is 3. The third-order valence-electron chi connectivity index (χ3n) is 4.08. The molecule has 0 fully saturated rings. The van der Waals surface area contributed by atoms with Crippen LogP contribution < -0.4 is 10.9 Å². The van der Waals surface area contributed by atoms with Gasteiger partial charge in [0.1, 0.15) is 18.3 Å². The predicted octanol–water partition coefficient (Wildman–Crippen LogP) is 3.64. The topological polar surface area (TPSA) is 62.0 Å². The smallest absolute Gasteiger partial charge is 0.253 e. The molecule has 3 aromatic rings. The van der Waals surface area contributed by atoms with Crippen LogP contribution in [-0.4, -0.2) is 10.9 Å². The van der Waals surface area contributed by atoms with Gasteiger partial charge >= 0.3 is 0 Å². The molecule has 3 rings (SSSR count). The van der Waals surface area contributed by atoms with Crippen molar-refractivity contribution in [3.8, 4) is 0 Å². The van der Waals surface area contributed by atoms with Gasteiger partial charge in [-0.15, -0.1) is 0 Å². The molecule has 1 aromatic heterocycles. The molecule has 138 valence electrons. The molecule has 0 saturated carbocycles. The SMILES string of the molecule is O=C(N[C@@H](c1ccc(CF)cc1)c1c(F)cccc1F)c1ccc(=O)[nH]c1. The molecule has 2 N–H and O–H groups in total. The van der Waals surface area contributed by atoms with Crippen LogP contribution in [0.3, 0.4) is 0 Å². The maximum absolute atomic E-state index is 14.3. The highest BCUT2D eigenvalue weighted by molar-refractivity contribution is 5.94. The number of benzene rings is 2. The predicted molar refractivity (Wildman–Crippen MR) is 94.0 cm³/mol. The number of pyridine rings is 1. The molecule has 7 heteroatoms. The fourth-order valence-corrected chi connectivity index (χ4v) is 2.67. The highest BCUT2D eigenvalue weighted by Crippen LogP contribution is 2.28. The maximum Gasteiger partial charge on any atom is 0.253 e. The molecule has 0 bridgehead atoms. The summed E-state index contributed by atoms with van der Waals surface area (Å²) >= 11 is 0. The summed E-state index contributed by atoms with van der Waals surface area (Å²) < 4.78 is 41.4. The van der Waals surface area contributed by atoms with Crippen molar-refractivity contribution >= 4 is 5.91 Å². The second kappa shape index (κ2) is 7.90.